The van der Waals surface area contributed by atoms with Crippen molar-refractivity contribution in [3.63, 3.8) is 0 Å². The molecule has 2 N–H and O–H groups in total. The van der Waals surface area contributed by atoms with Gasteiger partial charge in [-0.3, -0.25) is 19.4 Å². The van der Waals surface area contributed by atoms with Gasteiger partial charge in [0.2, 0.25) is 0 Å². The van der Waals surface area contributed by atoms with Crippen LogP contribution in [0, 0.1) is 5.92 Å². The summed E-state index contributed by atoms with van der Waals surface area (Å²) in [5.74, 6) is 1.31. The number of aryl methyl sites for hydroxylation is 1. The van der Waals surface area contributed by atoms with Crippen LogP contribution in [-0.2, 0) is 7.05 Å². The van der Waals surface area contributed by atoms with Crippen molar-refractivity contribution in [2.24, 2.45) is 13.0 Å². The average molecular weight is 244 g/mol. The van der Waals surface area contributed by atoms with E-state index in [0.717, 1.165) is 12.3 Å². The van der Waals surface area contributed by atoms with Crippen molar-refractivity contribution < 1.29 is 0 Å². The second-order valence-electron chi connectivity index (χ2n) is 3.67. The van der Waals surface area contributed by atoms with E-state index in [0.29, 0.717) is 11.1 Å². The standard InChI is InChI=1S/C9H16N4O2S/c1-6(4-10-2)5-16-9-11-7(14)8(15)12-13(9)3/h6,10H,4-5H2,1-3H3,(H,12,15). The molecule has 1 atom stereocenters. The number of hydrogen-bond donors (Lipinski definition) is 2. The van der Waals surface area contributed by atoms with Gasteiger partial charge in [-0.1, -0.05) is 18.7 Å². The Balaban J connectivity index is 2.71. The van der Waals surface area contributed by atoms with Gasteiger partial charge in [-0.25, -0.2) is 0 Å². The zero-order chi connectivity index (χ0) is 12.1. The number of nitrogens with one attached hydrogen (secondary N) is 2. The topological polar surface area (TPSA) is 79.8 Å². The van der Waals surface area contributed by atoms with Gasteiger partial charge in [0, 0.05) is 12.8 Å². The highest BCUT2D eigenvalue weighted by atomic mass is 32.2. The van der Waals surface area contributed by atoms with Crippen molar-refractivity contribution in [1.29, 1.82) is 0 Å². The lowest BCUT2D eigenvalue weighted by Crippen LogP contribution is -2.34. The van der Waals surface area contributed by atoms with Crippen LogP contribution in [0.1, 0.15) is 6.92 Å². The lowest BCUT2D eigenvalue weighted by molar-refractivity contribution is 0.584. The van der Waals surface area contributed by atoms with Crippen molar-refractivity contribution in [2.75, 3.05) is 19.3 Å². The number of H-pyrrole nitrogens is 1. The molecular formula is C9H16N4O2S. The minimum Gasteiger partial charge on any atom is -0.319 e. The molecule has 0 aliphatic heterocycles. The Bertz CT molecular complexity index is 454. The molecule has 0 aromatic carbocycles. The summed E-state index contributed by atoms with van der Waals surface area (Å²) in [5, 5.41) is 6.03. The van der Waals surface area contributed by atoms with E-state index in [2.05, 4.69) is 22.3 Å². The van der Waals surface area contributed by atoms with Crippen molar-refractivity contribution in [3.05, 3.63) is 20.7 Å². The van der Waals surface area contributed by atoms with Gasteiger partial charge in [0.1, 0.15) is 0 Å². The van der Waals surface area contributed by atoms with Gasteiger partial charge in [-0.05, 0) is 19.5 Å². The summed E-state index contributed by atoms with van der Waals surface area (Å²) in [4.78, 5) is 25.7. The maximum atomic E-state index is 11.1. The Morgan fingerprint density at radius 1 is 1.56 bits per heavy atom. The normalized spacial score (nSPS) is 12.7. The van der Waals surface area contributed by atoms with Crippen LogP contribution in [0.2, 0.25) is 0 Å². The zero-order valence-electron chi connectivity index (χ0n) is 9.61. The number of hydrogen-bond acceptors (Lipinski definition) is 5. The Hall–Kier alpha value is -1.08. The molecule has 1 heterocycles. The van der Waals surface area contributed by atoms with Gasteiger partial charge < -0.3 is 5.32 Å². The molecule has 1 unspecified atom stereocenters. The smallest absolute Gasteiger partial charge is 0.319 e. The fourth-order valence-electron chi connectivity index (χ4n) is 1.21. The predicted octanol–water partition coefficient (Wildman–Crippen LogP) is -0.584. The fraction of sp³-hybridized carbons (Fsp3) is 0.667. The molecule has 16 heavy (non-hydrogen) atoms. The Kier molecular flexibility index (Phi) is 4.75. The predicted molar refractivity (Wildman–Crippen MR) is 63.9 cm³/mol. The van der Waals surface area contributed by atoms with E-state index >= 15 is 0 Å². The van der Waals surface area contributed by atoms with Crippen LogP contribution in [0.3, 0.4) is 0 Å². The maximum absolute atomic E-state index is 11.1. The molecule has 6 nitrogen and oxygen atoms in total. The number of rotatable bonds is 5. The molecule has 0 saturated heterocycles. The average Bonchev–Trinajstić information content (AvgIpc) is 2.22. The molecule has 1 aromatic rings. The van der Waals surface area contributed by atoms with Crippen molar-refractivity contribution in [2.45, 2.75) is 12.1 Å². The summed E-state index contributed by atoms with van der Waals surface area (Å²) in [6, 6.07) is 0. The quantitative estimate of drug-likeness (QED) is 0.535. The van der Waals surface area contributed by atoms with Gasteiger partial charge in [0.25, 0.3) is 0 Å². The third-order valence-corrected chi connectivity index (χ3v) is 3.36. The molecule has 0 saturated carbocycles. The maximum Gasteiger partial charge on any atom is 0.339 e. The molecular weight excluding hydrogens is 228 g/mol. The molecule has 1 rings (SSSR count). The lowest BCUT2D eigenvalue weighted by Gasteiger charge is -2.10. The molecule has 0 spiro atoms. The van der Waals surface area contributed by atoms with Crippen LogP contribution in [-0.4, -0.2) is 34.1 Å². The van der Waals surface area contributed by atoms with E-state index < -0.39 is 11.1 Å². The lowest BCUT2D eigenvalue weighted by atomic mass is 10.2. The van der Waals surface area contributed by atoms with Crippen LogP contribution >= 0.6 is 11.8 Å². The first-order valence-electron chi connectivity index (χ1n) is 4.99. The monoisotopic (exact) mass is 244 g/mol. The van der Waals surface area contributed by atoms with Crippen LogP contribution < -0.4 is 16.4 Å². The highest BCUT2D eigenvalue weighted by Crippen LogP contribution is 2.15. The SMILES string of the molecule is CNCC(C)CSc1nc(=O)c(=O)[nH]n1C. The summed E-state index contributed by atoms with van der Waals surface area (Å²) < 4.78 is 1.47. The van der Waals surface area contributed by atoms with Gasteiger partial charge in [0.05, 0.1) is 0 Å². The minimum atomic E-state index is -0.734. The summed E-state index contributed by atoms with van der Waals surface area (Å²) >= 11 is 1.46. The van der Waals surface area contributed by atoms with E-state index in [1.54, 1.807) is 7.05 Å². The van der Waals surface area contributed by atoms with Gasteiger partial charge in [0.15, 0.2) is 5.16 Å². The van der Waals surface area contributed by atoms with E-state index in [9.17, 15) is 9.59 Å². The third kappa shape index (κ3) is 3.49. The minimum absolute atomic E-state index is 0.471. The van der Waals surface area contributed by atoms with E-state index in [1.807, 2.05) is 7.05 Å². The van der Waals surface area contributed by atoms with Crippen LogP contribution in [0.4, 0.5) is 0 Å². The summed E-state index contributed by atoms with van der Waals surface area (Å²) in [6.07, 6.45) is 0. The number of aromatic amines is 1. The van der Waals surface area contributed by atoms with Crippen molar-refractivity contribution >= 4 is 11.8 Å². The van der Waals surface area contributed by atoms with Crippen LogP contribution in [0.25, 0.3) is 0 Å². The van der Waals surface area contributed by atoms with Crippen molar-refractivity contribution in [3.8, 4) is 0 Å². The van der Waals surface area contributed by atoms with Crippen molar-refractivity contribution in [1.82, 2.24) is 20.1 Å². The number of aromatic nitrogens is 3. The largest absolute Gasteiger partial charge is 0.339 e. The molecule has 0 aliphatic rings. The zero-order valence-corrected chi connectivity index (χ0v) is 10.4. The molecule has 90 valence electrons. The molecule has 7 heteroatoms. The summed E-state index contributed by atoms with van der Waals surface area (Å²) in [6.45, 7) is 3.01. The van der Waals surface area contributed by atoms with E-state index in [1.165, 1.54) is 16.4 Å². The Labute approximate surface area is 97.5 Å². The van der Waals surface area contributed by atoms with E-state index in [4.69, 9.17) is 0 Å². The van der Waals surface area contributed by atoms with Crippen LogP contribution in [0.15, 0.2) is 14.7 Å². The van der Waals surface area contributed by atoms with Crippen LogP contribution in [0.5, 0.6) is 0 Å². The third-order valence-electron chi connectivity index (χ3n) is 2.00. The molecule has 0 amide bonds. The van der Waals surface area contributed by atoms with E-state index in [-0.39, 0.29) is 0 Å². The second-order valence-corrected chi connectivity index (χ2v) is 4.66. The first-order chi connectivity index (χ1) is 7.54. The molecule has 0 bridgehead atoms. The summed E-state index contributed by atoms with van der Waals surface area (Å²) in [7, 11) is 3.56. The molecule has 0 fully saturated rings. The fourth-order valence-corrected chi connectivity index (χ4v) is 2.15. The summed E-state index contributed by atoms with van der Waals surface area (Å²) in [5.41, 5.74) is -1.42. The Morgan fingerprint density at radius 2 is 2.25 bits per heavy atom. The first kappa shape index (κ1) is 13.0. The molecule has 0 radical (unpaired) electrons. The van der Waals surface area contributed by atoms with Gasteiger partial charge in [-0.15, -0.1) is 0 Å². The highest BCUT2D eigenvalue weighted by Gasteiger charge is 2.07. The van der Waals surface area contributed by atoms with Gasteiger partial charge in [-0.2, -0.15) is 4.98 Å². The first-order valence-corrected chi connectivity index (χ1v) is 5.98. The highest BCUT2D eigenvalue weighted by molar-refractivity contribution is 7.99. The number of thioether (sulfide) groups is 1. The number of nitrogens with zero attached hydrogens (tertiary/aromatic N) is 2. The Morgan fingerprint density at radius 3 is 2.88 bits per heavy atom. The molecule has 1 aromatic heterocycles. The van der Waals surface area contributed by atoms with Gasteiger partial charge >= 0.3 is 11.1 Å². The molecule has 0 aliphatic carbocycles. The second kappa shape index (κ2) is 5.86.